The van der Waals surface area contributed by atoms with Gasteiger partial charge in [0.15, 0.2) is 0 Å². The molecule has 0 bridgehead atoms. The average molecular weight is 242 g/mol. The van der Waals surface area contributed by atoms with Crippen LogP contribution in [0.5, 0.6) is 0 Å². The molecule has 1 aliphatic heterocycles. The fourth-order valence-electron chi connectivity index (χ4n) is 2.20. The zero-order valence-corrected chi connectivity index (χ0v) is 9.51. The van der Waals surface area contributed by atoms with E-state index >= 15 is 0 Å². The Morgan fingerprint density at radius 3 is 2.72 bits per heavy atom. The average Bonchev–Trinajstić information content (AvgIpc) is 2.69. The van der Waals surface area contributed by atoms with E-state index in [1.165, 1.54) is 6.07 Å². The third kappa shape index (κ3) is 1.54. The van der Waals surface area contributed by atoms with Gasteiger partial charge >= 0.3 is 11.6 Å². The minimum absolute atomic E-state index is 0.227. The first kappa shape index (κ1) is 10.8. The first-order chi connectivity index (χ1) is 8.66. The number of para-hydroxylation sites is 1. The van der Waals surface area contributed by atoms with Crippen LogP contribution in [0.25, 0.3) is 11.0 Å². The molecule has 1 unspecified atom stereocenters. The van der Waals surface area contributed by atoms with Crippen LogP contribution < -0.4 is 5.63 Å². The molecular weight excluding hydrogens is 232 g/mol. The van der Waals surface area contributed by atoms with Crippen molar-refractivity contribution in [1.82, 2.24) is 0 Å². The van der Waals surface area contributed by atoms with Crippen molar-refractivity contribution in [3.05, 3.63) is 58.5 Å². The summed E-state index contributed by atoms with van der Waals surface area (Å²) in [7, 11) is 0. The Hall–Kier alpha value is -2.36. The van der Waals surface area contributed by atoms with Gasteiger partial charge in [-0.15, -0.1) is 0 Å². The van der Waals surface area contributed by atoms with E-state index in [9.17, 15) is 9.59 Å². The van der Waals surface area contributed by atoms with Crippen LogP contribution in [0.3, 0.4) is 0 Å². The largest absolute Gasteiger partial charge is 0.461 e. The van der Waals surface area contributed by atoms with Crippen LogP contribution in [-0.4, -0.2) is 12.6 Å². The number of cyclic esters (lactones) is 1. The Morgan fingerprint density at radius 2 is 2.00 bits per heavy atom. The molecule has 2 heterocycles. The van der Waals surface area contributed by atoms with Crippen molar-refractivity contribution in [3.8, 4) is 0 Å². The van der Waals surface area contributed by atoms with Crippen LogP contribution in [0, 0.1) is 0 Å². The fourth-order valence-corrected chi connectivity index (χ4v) is 2.20. The van der Waals surface area contributed by atoms with Crippen LogP contribution in [0.15, 0.2) is 51.7 Å². The van der Waals surface area contributed by atoms with Crippen molar-refractivity contribution in [2.24, 2.45) is 0 Å². The lowest BCUT2D eigenvalue weighted by Crippen LogP contribution is -2.07. The maximum atomic E-state index is 11.5. The van der Waals surface area contributed by atoms with Crippen molar-refractivity contribution < 1.29 is 13.9 Å². The Labute approximate surface area is 102 Å². The van der Waals surface area contributed by atoms with Crippen molar-refractivity contribution >= 4 is 16.9 Å². The molecule has 4 heteroatoms. The lowest BCUT2D eigenvalue weighted by molar-refractivity contribution is -0.135. The third-order valence-corrected chi connectivity index (χ3v) is 3.12. The van der Waals surface area contributed by atoms with Gasteiger partial charge in [-0.05, 0) is 11.6 Å². The summed E-state index contributed by atoms with van der Waals surface area (Å²) < 4.78 is 10.1. The molecule has 4 nitrogen and oxygen atoms in total. The summed E-state index contributed by atoms with van der Waals surface area (Å²) in [5.74, 6) is -0.677. The third-order valence-electron chi connectivity index (χ3n) is 3.12. The predicted octanol–water partition coefficient (Wildman–Crippen LogP) is 1.99. The highest BCUT2D eigenvalue weighted by atomic mass is 16.5. The number of hydrogen-bond acceptors (Lipinski definition) is 4. The second-order valence-electron chi connectivity index (χ2n) is 4.19. The number of fused-ring (bicyclic) bond motifs is 1. The molecule has 1 atom stereocenters. The van der Waals surface area contributed by atoms with E-state index in [1.807, 2.05) is 12.1 Å². The number of benzene rings is 1. The van der Waals surface area contributed by atoms with Gasteiger partial charge in [0.05, 0.1) is 5.92 Å². The molecule has 0 amide bonds. The molecule has 1 aliphatic rings. The van der Waals surface area contributed by atoms with E-state index in [-0.39, 0.29) is 12.5 Å². The predicted molar refractivity (Wildman–Crippen MR) is 65.3 cm³/mol. The molecule has 2 aromatic rings. The molecule has 1 aromatic heterocycles. The number of esters is 1. The quantitative estimate of drug-likeness (QED) is 0.436. The van der Waals surface area contributed by atoms with E-state index in [1.54, 1.807) is 12.1 Å². The SMILES string of the molecule is C=C1C(=O)OCC1c1cc(=O)oc2ccccc12. The van der Waals surface area contributed by atoms with Gasteiger partial charge < -0.3 is 9.15 Å². The van der Waals surface area contributed by atoms with Gasteiger partial charge in [0.1, 0.15) is 12.2 Å². The Morgan fingerprint density at radius 1 is 1.22 bits per heavy atom. The standard InChI is InChI=1S/C14H10O4/c1-8-11(7-17-14(8)16)10-6-13(15)18-12-5-3-2-4-9(10)12/h2-6,11H,1,7H2. The highest BCUT2D eigenvalue weighted by Gasteiger charge is 2.31. The first-order valence-electron chi connectivity index (χ1n) is 5.55. The van der Waals surface area contributed by atoms with E-state index in [4.69, 9.17) is 9.15 Å². The summed E-state index contributed by atoms with van der Waals surface area (Å²) in [6.07, 6.45) is 0. The number of carbonyl (C=O) groups excluding carboxylic acids is 1. The summed E-state index contributed by atoms with van der Waals surface area (Å²) in [6, 6.07) is 8.62. The second-order valence-corrected chi connectivity index (χ2v) is 4.19. The Bertz CT molecular complexity index is 711. The molecule has 1 aromatic carbocycles. The molecular formula is C14H10O4. The monoisotopic (exact) mass is 242 g/mol. The molecule has 1 fully saturated rings. The van der Waals surface area contributed by atoms with Crippen LogP contribution in [-0.2, 0) is 9.53 Å². The summed E-state index contributed by atoms with van der Waals surface area (Å²) in [4.78, 5) is 22.9. The highest BCUT2D eigenvalue weighted by Crippen LogP contribution is 2.33. The number of ether oxygens (including phenoxy) is 1. The van der Waals surface area contributed by atoms with Crippen LogP contribution in [0.4, 0.5) is 0 Å². The minimum atomic E-state index is -0.434. The van der Waals surface area contributed by atoms with E-state index < -0.39 is 11.6 Å². The molecule has 0 aliphatic carbocycles. The van der Waals surface area contributed by atoms with Gasteiger partial charge in [0.25, 0.3) is 0 Å². The van der Waals surface area contributed by atoms with Crippen molar-refractivity contribution in [2.75, 3.05) is 6.61 Å². The lowest BCUT2D eigenvalue weighted by atomic mass is 9.92. The number of carbonyl (C=O) groups is 1. The summed E-state index contributed by atoms with van der Waals surface area (Å²) in [6.45, 7) is 3.95. The summed E-state index contributed by atoms with van der Waals surface area (Å²) in [5.41, 5.74) is 1.19. The van der Waals surface area contributed by atoms with Crippen LogP contribution >= 0.6 is 0 Å². The summed E-state index contributed by atoms with van der Waals surface area (Å²) in [5, 5.41) is 0.807. The van der Waals surface area contributed by atoms with E-state index in [0.29, 0.717) is 11.2 Å². The molecule has 0 radical (unpaired) electrons. The second kappa shape index (κ2) is 3.84. The smallest absolute Gasteiger partial charge is 0.336 e. The molecule has 0 spiro atoms. The topological polar surface area (TPSA) is 56.5 Å². The maximum Gasteiger partial charge on any atom is 0.336 e. The zero-order valence-electron chi connectivity index (χ0n) is 9.51. The van der Waals surface area contributed by atoms with Gasteiger partial charge in [-0.3, -0.25) is 0 Å². The zero-order chi connectivity index (χ0) is 12.7. The summed E-state index contributed by atoms with van der Waals surface area (Å²) >= 11 is 0. The van der Waals surface area contributed by atoms with E-state index in [0.717, 1.165) is 10.9 Å². The van der Waals surface area contributed by atoms with Gasteiger partial charge in [0.2, 0.25) is 0 Å². The van der Waals surface area contributed by atoms with Crippen molar-refractivity contribution in [2.45, 2.75) is 5.92 Å². The minimum Gasteiger partial charge on any atom is -0.461 e. The van der Waals surface area contributed by atoms with Crippen LogP contribution in [0.2, 0.25) is 0 Å². The first-order valence-corrected chi connectivity index (χ1v) is 5.55. The van der Waals surface area contributed by atoms with Gasteiger partial charge in [-0.2, -0.15) is 0 Å². The Balaban J connectivity index is 2.26. The Kier molecular flexibility index (Phi) is 2.30. The van der Waals surface area contributed by atoms with Crippen molar-refractivity contribution in [1.29, 1.82) is 0 Å². The van der Waals surface area contributed by atoms with Gasteiger partial charge in [-0.1, -0.05) is 24.8 Å². The number of rotatable bonds is 1. The lowest BCUT2D eigenvalue weighted by Gasteiger charge is -2.10. The van der Waals surface area contributed by atoms with Gasteiger partial charge in [0, 0.05) is 17.0 Å². The van der Waals surface area contributed by atoms with Crippen LogP contribution in [0.1, 0.15) is 11.5 Å². The molecule has 0 N–H and O–H groups in total. The number of hydrogen-bond donors (Lipinski definition) is 0. The van der Waals surface area contributed by atoms with E-state index in [2.05, 4.69) is 6.58 Å². The molecule has 0 saturated carbocycles. The van der Waals surface area contributed by atoms with Gasteiger partial charge in [-0.25, -0.2) is 9.59 Å². The molecule has 90 valence electrons. The fraction of sp³-hybridized carbons (Fsp3) is 0.143. The maximum absolute atomic E-state index is 11.5. The molecule has 18 heavy (non-hydrogen) atoms. The highest BCUT2D eigenvalue weighted by molar-refractivity contribution is 5.93. The van der Waals surface area contributed by atoms with Crippen molar-refractivity contribution in [3.63, 3.8) is 0 Å². The molecule has 1 saturated heterocycles. The normalized spacial score (nSPS) is 19.2. The molecule has 3 rings (SSSR count).